The third-order valence-electron chi connectivity index (χ3n) is 6.26. The minimum absolute atomic E-state index is 0.170. The number of aryl methyl sites for hydroxylation is 2. The van der Waals surface area contributed by atoms with Crippen molar-refractivity contribution >= 4 is 27.9 Å². The number of aromatic nitrogens is 5. The van der Waals surface area contributed by atoms with E-state index in [-0.39, 0.29) is 16.9 Å². The van der Waals surface area contributed by atoms with Gasteiger partial charge < -0.3 is 9.55 Å². The molecule has 0 aliphatic rings. The lowest BCUT2D eigenvalue weighted by Crippen LogP contribution is -2.38. The Morgan fingerprint density at radius 2 is 1.79 bits per heavy atom. The summed E-state index contributed by atoms with van der Waals surface area (Å²) in [7, 11) is 2.99. The van der Waals surface area contributed by atoms with Crippen LogP contribution in [0.3, 0.4) is 0 Å². The number of H-pyrrole nitrogens is 1. The van der Waals surface area contributed by atoms with Crippen LogP contribution in [0.5, 0.6) is 0 Å². The van der Waals surface area contributed by atoms with Crippen LogP contribution < -0.4 is 11.2 Å². The Balaban J connectivity index is 1.79. The second kappa shape index (κ2) is 7.74. The highest BCUT2D eigenvalue weighted by atomic mass is 16.2. The van der Waals surface area contributed by atoms with Crippen LogP contribution >= 0.6 is 0 Å². The number of Topliss-reactive ketones (excluding diaryl/α,β-unsaturated/α-hetero) is 1. The van der Waals surface area contributed by atoms with E-state index in [9.17, 15) is 14.4 Å². The fourth-order valence-electron chi connectivity index (χ4n) is 4.50. The lowest BCUT2D eigenvalue weighted by molar-refractivity contribution is 0.0949. The molecular weight excluding hydrogens is 418 g/mol. The first-order valence-electron chi connectivity index (χ1n) is 10.7. The second-order valence-corrected chi connectivity index (χ2v) is 8.10. The molecule has 5 rings (SSSR count). The van der Waals surface area contributed by atoms with Gasteiger partial charge in [0.15, 0.2) is 16.9 Å². The van der Waals surface area contributed by atoms with Crippen molar-refractivity contribution in [2.75, 3.05) is 0 Å². The normalized spacial score (nSPS) is 12.5. The van der Waals surface area contributed by atoms with Crippen molar-refractivity contribution < 1.29 is 4.79 Å². The van der Waals surface area contributed by atoms with Gasteiger partial charge in [-0.25, -0.2) is 9.78 Å². The highest BCUT2D eigenvalue weighted by molar-refractivity contribution is 6.11. The minimum atomic E-state index is -0.828. The fraction of sp³-hybridized carbons (Fsp3) is 0.200. The molecule has 1 N–H and O–H groups in total. The van der Waals surface area contributed by atoms with Gasteiger partial charge in [0.2, 0.25) is 0 Å². The van der Waals surface area contributed by atoms with Crippen LogP contribution in [-0.2, 0) is 20.5 Å². The van der Waals surface area contributed by atoms with E-state index < -0.39 is 17.3 Å². The van der Waals surface area contributed by atoms with Gasteiger partial charge >= 0.3 is 5.69 Å². The third kappa shape index (κ3) is 3.06. The van der Waals surface area contributed by atoms with Crippen LogP contribution in [-0.4, -0.2) is 29.5 Å². The smallest absolute Gasteiger partial charge is 0.332 e. The number of rotatable bonds is 5. The number of aromatic amines is 1. The molecule has 3 heterocycles. The number of nitrogens with zero attached hydrogens (tertiary/aromatic N) is 4. The maximum Gasteiger partial charge on any atom is 0.332 e. The molecule has 1 atom stereocenters. The van der Waals surface area contributed by atoms with Gasteiger partial charge in [-0.2, -0.15) is 0 Å². The molecule has 0 amide bonds. The summed E-state index contributed by atoms with van der Waals surface area (Å²) in [5.74, 6) is -0.170. The predicted octanol–water partition coefficient (Wildman–Crippen LogP) is 2.95. The molecule has 8 nitrogen and oxygen atoms in total. The summed E-state index contributed by atoms with van der Waals surface area (Å²) in [5.41, 5.74) is 2.80. The maximum atomic E-state index is 14.1. The Kier molecular flexibility index (Phi) is 4.85. The number of benzene rings is 2. The van der Waals surface area contributed by atoms with E-state index in [1.54, 1.807) is 17.8 Å². The van der Waals surface area contributed by atoms with E-state index in [1.165, 1.54) is 17.9 Å². The van der Waals surface area contributed by atoms with Gasteiger partial charge in [0.25, 0.3) is 5.56 Å². The Morgan fingerprint density at radius 1 is 1.03 bits per heavy atom. The lowest BCUT2D eigenvalue weighted by Gasteiger charge is -2.19. The molecule has 2 aromatic carbocycles. The Labute approximate surface area is 188 Å². The summed E-state index contributed by atoms with van der Waals surface area (Å²) in [6, 6.07) is 14.4. The van der Waals surface area contributed by atoms with Crippen LogP contribution in [0.25, 0.3) is 22.1 Å². The number of carbonyl (C=O) groups excluding carboxylic acids is 1. The molecule has 0 spiro atoms. The van der Waals surface area contributed by atoms with E-state index in [1.807, 2.05) is 48.5 Å². The molecule has 0 saturated heterocycles. The summed E-state index contributed by atoms with van der Waals surface area (Å²) < 4.78 is 3.93. The zero-order chi connectivity index (χ0) is 23.3. The van der Waals surface area contributed by atoms with Crippen LogP contribution in [0.2, 0.25) is 0 Å². The van der Waals surface area contributed by atoms with Crippen molar-refractivity contribution in [3.8, 4) is 0 Å². The number of nitrogens with one attached hydrogen (secondary N) is 1. The third-order valence-corrected chi connectivity index (χ3v) is 6.26. The highest BCUT2D eigenvalue weighted by Gasteiger charge is 2.29. The molecule has 0 unspecified atom stereocenters. The largest absolute Gasteiger partial charge is 0.360 e. The van der Waals surface area contributed by atoms with Gasteiger partial charge in [-0.3, -0.25) is 18.7 Å². The molecular formula is C25H23N5O3. The van der Waals surface area contributed by atoms with Gasteiger partial charge in [0, 0.05) is 36.8 Å². The molecule has 0 radical (unpaired) electrons. The van der Waals surface area contributed by atoms with Crippen LogP contribution in [0, 0.1) is 0 Å². The molecule has 33 heavy (non-hydrogen) atoms. The lowest BCUT2D eigenvalue weighted by atomic mass is 9.96. The monoisotopic (exact) mass is 441 g/mol. The Bertz CT molecular complexity index is 1640. The summed E-state index contributed by atoms with van der Waals surface area (Å²) in [6.07, 6.45) is 4.03. The van der Waals surface area contributed by atoms with Crippen molar-refractivity contribution in [1.29, 1.82) is 0 Å². The molecule has 8 heteroatoms. The first-order chi connectivity index (χ1) is 15.9. The van der Waals surface area contributed by atoms with Crippen molar-refractivity contribution in [3.05, 3.63) is 98.6 Å². The average Bonchev–Trinajstić information content (AvgIpc) is 3.47. The van der Waals surface area contributed by atoms with Gasteiger partial charge in [-0.15, -0.1) is 0 Å². The molecule has 0 aliphatic heterocycles. The molecule has 166 valence electrons. The molecule has 0 saturated carbocycles. The quantitative estimate of drug-likeness (QED) is 0.424. The van der Waals surface area contributed by atoms with Crippen molar-refractivity contribution in [2.45, 2.75) is 19.4 Å². The summed E-state index contributed by atoms with van der Waals surface area (Å²) in [4.78, 5) is 47.1. The molecule has 5 aromatic rings. The Morgan fingerprint density at radius 3 is 2.52 bits per heavy atom. The van der Waals surface area contributed by atoms with E-state index in [0.29, 0.717) is 5.56 Å². The number of ketones is 1. The van der Waals surface area contributed by atoms with Gasteiger partial charge in [0.1, 0.15) is 6.04 Å². The topological polar surface area (TPSA) is 94.7 Å². The van der Waals surface area contributed by atoms with Gasteiger partial charge in [-0.05, 0) is 17.5 Å². The second-order valence-electron chi connectivity index (χ2n) is 8.10. The van der Waals surface area contributed by atoms with Crippen molar-refractivity contribution in [1.82, 2.24) is 23.7 Å². The van der Waals surface area contributed by atoms with E-state index >= 15 is 0 Å². The number of para-hydroxylation sites is 1. The first kappa shape index (κ1) is 20.7. The van der Waals surface area contributed by atoms with Crippen LogP contribution in [0.1, 0.15) is 34.5 Å². The van der Waals surface area contributed by atoms with Gasteiger partial charge in [-0.1, -0.05) is 55.5 Å². The van der Waals surface area contributed by atoms with E-state index in [0.717, 1.165) is 33.0 Å². The maximum absolute atomic E-state index is 14.1. The highest BCUT2D eigenvalue weighted by Crippen LogP contribution is 2.30. The average molecular weight is 441 g/mol. The molecule has 3 aromatic heterocycles. The fourth-order valence-corrected chi connectivity index (χ4v) is 4.50. The first-order valence-corrected chi connectivity index (χ1v) is 10.7. The number of carbonyl (C=O) groups is 1. The number of hydrogen-bond donors (Lipinski definition) is 1. The Hall–Kier alpha value is -4.20. The number of imidazole rings is 1. The van der Waals surface area contributed by atoms with E-state index in [4.69, 9.17) is 0 Å². The summed E-state index contributed by atoms with van der Waals surface area (Å²) in [6.45, 7) is 2.07. The van der Waals surface area contributed by atoms with Crippen molar-refractivity contribution in [3.63, 3.8) is 0 Å². The molecule has 0 aliphatic carbocycles. The molecule has 0 bridgehead atoms. The number of hydrogen-bond acceptors (Lipinski definition) is 4. The zero-order valence-corrected chi connectivity index (χ0v) is 18.6. The van der Waals surface area contributed by atoms with Crippen molar-refractivity contribution in [2.24, 2.45) is 14.1 Å². The summed E-state index contributed by atoms with van der Waals surface area (Å²) >= 11 is 0. The zero-order valence-electron chi connectivity index (χ0n) is 18.6. The summed E-state index contributed by atoms with van der Waals surface area (Å²) in [5, 5.41) is 0.838. The predicted molar refractivity (Wildman–Crippen MR) is 127 cm³/mol. The SMILES string of the molecule is CCc1cccc2c(C(=O)[C@@H](c3ccccc3)n3cnc4c3c(=O)n(C)c(=O)n4C)c[nH]c12. The van der Waals surface area contributed by atoms with E-state index in [2.05, 4.69) is 16.9 Å². The van der Waals surface area contributed by atoms with Crippen LogP contribution in [0.15, 0.2) is 70.6 Å². The van der Waals surface area contributed by atoms with Gasteiger partial charge in [0.05, 0.1) is 6.33 Å². The molecule has 0 fully saturated rings. The number of fused-ring (bicyclic) bond motifs is 2. The minimum Gasteiger partial charge on any atom is -0.360 e. The standard InChI is InChI=1S/C25H23N5O3/c1-4-15-11-8-12-17-18(13-26-19(15)17)22(31)20(16-9-6-5-7-10-16)30-14-27-23-21(30)24(32)29(3)25(33)28(23)2/h5-14,20,26H,4H2,1-3H3/t20-/m1/s1. The van der Waals surface area contributed by atoms with Crippen LogP contribution in [0.4, 0.5) is 0 Å².